The zero-order valence-electron chi connectivity index (χ0n) is 11.1. The van der Waals surface area contributed by atoms with Crippen LogP contribution in [0.5, 0.6) is 0 Å². The molecule has 1 aromatic carbocycles. The van der Waals surface area contributed by atoms with Crippen molar-refractivity contribution in [2.45, 2.75) is 13.8 Å². The number of rotatable bonds is 3. The Hall–Kier alpha value is -1.58. The maximum absolute atomic E-state index is 11.4. The molecule has 0 aliphatic heterocycles. The van der Waals surface area contributed by atoms with Crippen LogP contribution in [-0.2, 0) is 9.53 Å². The summed E-state index contributed by atoms with van der Waals surface area (Å²) in [6, 6.07) is 5.27. The van der Waals surface area contributed by atoms with Crippen LogP contribution in [0.25, 0.3) is 17.0 Å². The molecule has 1 aromatic heterocycles. The van der Waals surface area contributed by atoms with Crippen molar-refractivity contribution >= 4 is 46.2 Å². The van der Waals surface area contributed by atoms with Crippen LogP contribution in [0.1, 0.15) is 18.2 Å². The minimum Gasteiger partial charge on any atom is -0.463 e. The fourth-order valence-corrected chi connectivity index (χ4v) is 2.40. The van der Waals surface area contributed by atoms with Crippen LogP contribution in [0, 0.1) is 6.92 Å². The molecule has 0 aliphatic rings. The van der Waals surface area contributed by atoms with Crippen molar-refractivity contribution < 1.29 is 9.53 Å². The lowest BCUT2D eigenvalue weighted by atomic mass is 10.1. The van der Waals surface area contributed by atoms with Gasteiger partial charge in [-0.05, 0) is 38.1 Å². The van der Waals surface area contributed by atoms with Crippen molar-refractivity contribution in [1.82, 2.24) is 4.98 Å². The Balaban J connectivity index is 2.55. The summed E-state index contributed by atoms with van der Waals surface area (Å²) in [5.41, 5.74) is 2.24. The molecule has 0 radical (unpaired) electrons. The van der Waals surface area contributed by atoms with E-state index in [0.717, 1.165) is 16.6 Å². The molecule has 0 aliphatic carbocycles. The molecule has 2 rings (SSSR count). The van der Waals surface area contributed by atoms with E-state index in [4.69, 9.17) is 27.9 Å². The van der Waals surface area contributed by atoms with Crippen molar-refractivity contribution in [3.05, 3.63) is 45.6 Å². The molecule has 0 N–H and O–H groups in total. The van der Waals surface area contributed by atoms with Crippen LogP contribution in [0.2, 0.25) is 10.0 Å². The topological polar surface area (TPSA) is 39.2 Å². The van der Waals surface area contributed by atoms with Gasteiger partial charge >= 0.3 is 5.97 Å². The Bertz CT molecular complexity index is 696. The zero-order valence-corrected chi connectivity index (χ0v) is 12.6. The molecule has 0 amide bonds. The summed E-state index contributed by atoms with van der Waals surface area (Å²) in [6.45, 7) is 3.95. The minimum absolute atomic E-state index is 0.336. The first-order valence-corrected chi connectivity index (χ1v) is 6.88. The van der Waals surface area contributed by atoms with Gasteiger partial charge in [0.05, 0.1) is 17.1 Å². The predicted octanol–water partition coefficient (Wildman–Crippen LogP) is 4.43. The van der Waals surface area contributed by atoms with E-state index < -0.39 is 5.97 Å². The first-order valence-electron chi connectivity index (χ1n) is 6.12. The highest BCUT2D eigenvalue weighted by Gasteiger charge is 2.08. The molecule has 0 spiro atoms. The van der Waals surface area contributed by atoms with Gasteiger partial charge in [-0.3, -0.25) is 4.98 Å². The molecule has 104 valence electrons. The summed E-state index contributed by atoms with van der Waals surface area (Å²) in [5, 5.41) is 1.88. The van der Waals surface area contributed by atoms with Gasteiger partial charge in [0, 0.05) is 27.7 Å². The normalized spacial score (nSPS) is 11.2. The fourth-order valence-electron chi connectivity index (χ4n) is 1.87. The Kier molecular flexibility index (Phi) is 4.63. The Labute approximate surface area is 127 Å². The quantitative estimate of drug-likeness (QED) is 0.622. The lowest BCUT2D eigenvalue weighted by Gasteiger charge is -2.06. The van der Waals surface area contributed by atoms with Gasteiger partial charge in [-0.15, -0.1) is 0 Å². The van der Waals surface area contributed by atoms with E-state index in [0.29, 0.717) is 22.2 Å². The number of hydrogen-bond acceptors (Lipinski definition) is 3. The van der Waals surface area contributed by atoms with Gasteiger partial charge in [0.2, 0.25) is 0 Å². The number of hydrogen-bond donors (Lipinski definition) is 0. The highest BCUT2D eigenvalue weighted by molar-refractivity contribution is 6.37. The molecule has 0 saturated carbocycles. The molecule has 0 atom stereocenters. The monoisotopic (exact) mass is 309 g/mol. The molecular weight excluding hydrogens is 297 g/mol. The smallest absolute Gasteiger partial charge is 0.330 e. The van der Waals surface area contributed by atoms with Crippen molar-refractivity contribution in [3.63, 3.8) is 0 Å². The molecular formula is C15H13Cl2NO2. The van der Waals surface area contributed by atoms with Gasteiger partial charge in [-0.1, -0.05) is 23.2 Å². The first kappa shape index (κ1) is 14.8. The summed E-state index contributed by atoms with van der Waals surface area (Å²) >= 11 is 12.3. The van der Waals surface area contributed by atoms with Crippen molar-refractivity contribution in [2.24, 2.45) is 0 Å². The number of carbonyl (C=O) groups excluding carboxylic acids is 1. The van der Waals surface area contributed by atoms with Crippen molar-refractivity contribution in [3.8, 4) is 0 Å². The van der Waals surface area contributed by atoms with Crippen LogP contribution < -0.4 is 0 Å². The third-order valence-electron chi connectivity index (χ3n) is 2.67. The second-order valence-electron chi connectivity index (χ2n) is 4.22. The standard InChI is InChI=1S/C15H13Cl2NO2/c1-3-20-14(19)5-4-10-7-11(16)8-12-13(17)6-9(2)18-15(10)12/h4-8H,3H2,1-2H3/b5-4+. The molecule has 0 bridgehead atoms. The summed E-state index contributed by atoms with van der Waals surface area (Å²) in [4.78, 5) is 15.8. The van der Waals surface area contributed by atoms with E-state index in [1.165, 1.54) is 6.08 Å². The third kappa shape index (κ3) is 3.30. The number of esters is 1. The summed E-state index contributed by atoms with van der Waals surface area (Å²) in [6.07, 6.45) is 2.99. The van der Waals surface area contributed by atoms with E-state index >= 15 is 0 Å². The van der Waals surface area contributed by atoms with Crippen molar-refractivity contribution in [2.75, 3.05) is 6.61 Å². The molecule has 5 heteroatoms. The number of aromatic nitrogens is 1. The van der Waals surface area contributed by atoms with Crippen LogP contribution in [0.4, 0.5) is 0 Å². The average molecular weight is 310 g/mol. The molecule has 1 heterocycles. The second-order valence-corrected chi connectivity index (χ2v) is 5.07. The number of pyridine rings is 1. The lowest BCUT2D eigenvalue weighted by molar-refractivity contribution is -0.137. The summed E-state index contributed by atoms with van der Waals surface area (Å²) in [5.74, 6) is -0.403. The number of carbonyl (C=O) groups is 1. The van der Waals surface area contributed by atoms with E-state index in [9.17, 15) is 4.79 Å². The first-order chi connectivity index (χ1) is 9.51. The number of aryl methyl sites for hydroxylation is 1. The van der Waals surface area contributed by atoms with Gasteiger partial charge in [-0.2, -0.15) is 0 Å². The number of fused-ring (bicyclic) bond motifs is 1. The number of ether oxygens (including phenoxy) is 1. The minimum atomic E-state index is -0.403. The van der Waals surface area contributed by atoms with Gasteiger partial charge in [0.15, 0.2) is 0 Å². The lowest BCUT2D eigenvalue weighted by Crippen LogP contribution is -1.98. The molecule has 0 unspecified atom stereocenters. The highest BCUT2D eigenvalue weighted by Crippen LogP contribution is 2.29. The molecule has 0 saturated heterocycles. The summed E-state index contributed by atoms with van der Waals surface area (Å²) < 4.78 is 4.85. The van der Waals surface area contributed by atoms with Gasteiger partial charge < -0.3 is 4.74 Å². The maximum atomic E-state index is 11.4. The number of halogens is 2. The molecule has 2 aromatic rings. The largest absolute Gasteiger partial charge is 0.463 e. The Morgan fingerprint density at radius 3 is 2.80 bits per heavy atom. The zero-order chi connectivity index (χ0) is 14.7. The number of benzene rings is 1. The van der Waals surface area contributed by atoms with Gasteiger partial charge in [-0.25, -0.2) is 4.79 Å². The molecule has 0 fully saturated rings. The Morgan fingerprint density at radius 2 is 2.10 bits per heavy atom. The Morgan fingerprint density at radius 1 is 1.35 bits per heavy atom. The van der Waals surface area contributed by atoms with E-state index in [-0.39, 0.29) is 0 Å². The van der Waals surface area contributed by atoms with Gasteiger partial charge in [0.1, 0.15) is 0 Å². The third-order valence-corrected chi connectivity index (χ3v) is 3.20. The maximum Gasteiger partial charge on any atom is 0.330 e. The van der Waals surface area contributed by atoms with Crippen LogP contribution in [0.15, 0.2) is 24.3 Å². The van der Waals surface area contributed by atoms with Crippen LogP contribution in [-0.4, -0.2) is 17.6 Å². The average Bonchev–Trinajstić information content (AvgIpc) is 2.37. The van der Waals surface area contributed by atoms with E-state index in [1.54, 1.807) is 31.2 Å². The SMILES string of the molecule is CCOC(=O)/C=C/c1cc(Cl)cc2c(Cl)cc(C)nc12. The number of nitrogens with zero attached hydrogens (tertiary/aromatic N) is 1. The van der Waals surface area contributed by atoms with Crippen LogP contribution >= 0.6 is 23.2 Å². The molecule has 3 nitrogen and oxygen atoms in total. The highest BCUT2D eigenvalue weighted by atomic mass is 35.5. The predicted molar refractivity (Wildman–Crippen MR) is 82.2 cm³/mol. The van der Waals surface area contributed by atoms with Crippen molar-refractivity contribution in [1.29, 1.82) is 0 Å². The second kappa shape index (κ2) is 6.25. The van der Waals surface area contributed by atoms with Gasteiger partial charge in [0.25, 0.3) is 0 Å². The fraction of sp³-hybridized carbons (Fsp3) is 0.200. The molecule has 20 heavy (non-hydrogen) atoms. The summed E-state index contributed by atoms with van der Waals surface area (Å²) in [7, 11) is 0. The van der Waals surface area contributed by atoms with E-state index in [1.807, 2.05) is 6.92 Å². The van der Waals surface area contributed by atoms with Crippen LogP contribution in [0.3, 0.4) is 0 Å². The van der Waals surface area contributed by atoms with E-state index in [2.05, 4.69) is 4.98 Å².